The van der Waals surface area contributed by atoms with Crippen molar-refractivity contribution in [2.75, 3.05) is 13.1 Å². The number of aliphatic hydroxyl groups excluding tert-OH is 1. The number of benzene rings is 2. The van der Waals surface area contributed by atoms with Crippen molar-refractivity contribution in [3.8, 4) is 11.1 Å². The van der Waals surface area contributed by atoms with Gasteiger partial charge in [-0.25, -0.2) is 4.39 Å². The Morgan fingerprint density at radius 3 is 2.62 bits per heavy atom. The highest BCUT2D eigenvalue weighted by atomic mass is 19.1. The Morgan fingerprint density at radius 2 is 1.97 bits per heavy atom. The molecule has 7 heteroatoms. The van der Waals surface area contributed by atoms with E-state index in [4.69, 9.17) is 11.5 Å². The number of aromatic amines is 1. The van der Waals surface area contributed by atoms with Crippen LogP contribution in [0.2, 0.25) is 0 Å². The normalized spacial score (nSPS) is 14.5. The largest absolute Gasteiger partial charge is 0.391 e. The minimum Gasteiger partial charge on any atom is -0.391 e. The number of H-pyrrole nitrogens is 1. The van der Waals surface area contributed by atoms with Gasteiger partial charge in [-0.15, -0.1) is 0 Å². The summed E-state index contributed by atoms with van der Waals surface area (Å²) in [7, 11) is 0. The second kappa shape index (κ2) is 9.17. The van der Waals surface area contributed by atoms with Gasteiger partial charge < -0.3 is 26.9 Å². The maximum Gasteiger partial charge on any atom is 0.268 e. The number of halogens is 1. The summed E-state index contributed by atoms with van der Waals surface area (Å²) in [5.74, 6) is -0.875. The lowest BCUT2D eigenvalue weighted by Crippen LogP contribution is -2.49. The number of hydrogen-bond acceptors (Lipinski definition) is 4. The SMILES string of the molecule is CC[C@H](CN)[C@H](O)[C@H](N)CNC(=O)c1[nH]c2ccc(F)cc2c1-c1ccccc1. The van der Waals surface area contributed by atoms with Gasteiger partial charge in [-0.1, -0.05) is 37.3 Å². The molecule has 7 N–H and O–H groups in total. The van der Waals surface area contributed by atoms with E-state index < -0.39 is 12.1 Å². The van der Waals surface area contributed by atoms with Gasteiger partial charge in [0.15, 0.2) is 0 Å². The third-order valence-corrected chi connectivity index (χ3v) is 5.30. The lowest BCUT2D eigenvalue weighted by atomic mass is 9.94. The molecule has 2 aromatic carbocycles. The fraction of sp³-hybridized carbons (Fsp3) is 0.318. The number of rotatable bonds is 8. The van der Waals surface area contributed by atoms with Gasteiger partial charge in [0.05, 0.1) is 6.10 Å². The number of carbonyl (C=O) groups is 1. The number of carbonyl (C=O) groups excluding carboxylic acids is 1. The van der Waals surface area contributed by atoms with Crippen molar-refractivity contribution < 1.29 is 14.3 Å². The van der Waals surface area contributed by atoms with E-state index in [9.17, 15) is 14.3 Å². The van der Waals surface area contributed by atoms with E-state index in [-0.39, 0.29) is 24.2 Å². The van der Waals surface area contributed by atoms with Crippen molar-refractivity contribution in [2.24, 2.45) is 17.4 Å². The summed E-state index contributed by atoms with van der Waals surface area (Å²) >= 11 is 0. The van der Waals surface area contributed by atoms with E-state index >= 15 is 0 Å². The van der Waals surface area contributed by atoms with Crippen molar-refractivity contribution in [2.45, 2.75) is 25.5 Å². The minimum atomic E-state index is -0.810. The summed E-state index contributed by atoms with van der Waals surface area (Å²) in [5, 5.41) is 13.7. The molecule has 3 aromatic rings. The summed E-state index contributed by atoms with van der Waals surface area (Å²) in [6.45, 7) is 2.35. The van der Waals surface area contributed by atoms with Gasteiger partial charge in [0, 0.05) is 29.1 Å². The monoisotopic (exact) mass is 398 g/mol. The third kappa shape index (κ3) is 4.48. The zero-order valence-corrected chi connectivity index (χ0v) is 16.4. The van der Waals surface area contributed by atoms with E-state index in [2.05, 4.69) is 10.3 Å². The van der Waals surface area contributed by atoms with Crippen LogP contribution in [0.3, 0.4) is 0 Å². The highest BCUT2D eigenvalue weighted by molar-refractivity contribution is 6.09. The highest BCUT2D eigenvalue weighted by Crippen LogP contribution is 2.33. The van der Waals surface area contributed by atoms with Crippen molar-refractivity contribution >= 4 is 16.8 Å². The van der Waals surface area contributed by atoms with Crippen molar-refractivity contribution in [3.05, 3.63) is 60.0 Å². The summed E-state index contributed by atoms with van der Waals surface area (Å²) in [6.07, 6.45) is -0.110. The molecule has 0 unspecified atom stereocenters. The van der Waals surface area contributed by atoms with E-state index in [0.717, 1.165) is 5.56 Å². The Kier molecular flexibility index (Phi) is 6.64. The molecule has 154 valence electrons. The predicted molar refractivity (Wildman–Crippen MR) is 113 cm³/mol. The Bertz CT molecular complexity index is 970. The summed E-state index contributed by atoms with van der Waals surface area (Å²) in [5.41, 5.74) is 14.1. The number of hydrogen-bond donors (Lipinski definition) is 5. The van der Waals surface area contributed by atoms with Crippen LogP contribution in [0.5, 0.6) is 0 Å². The maximum atomic E-state index is 13.9. The first kappa shape index (κ1) is 21.0. The molecular weight excluding hydrogens is 371 g/mol. The smallest absolute Gasteiger partial charge is 0.268 e. The standard InChI is InChI=1S/C22H27FN4O2/c1-2-13(11-24)21(28)17(25)12-26-22(29)20-19(14-6-4-3-5-7-14)16-10-15(23)8-9-18(16)27-20/h3-10,13,17,21,27-28H,2,11-12,24-25H2,1H3,(H,26,29)/t13-,17-,21+/m1/s1. The van der Waals surface area contributed by atoms with E-state index in [1.165, 1.54) is 12.1 Å². The topological polar surface area (TPSA) is 117 Å². The Labute approximate surface area is 169 Å². The second-order valence-corrected chi connectivity index (χ2v) is 7.20. The maximum absolute atomic E-state index is 13.9. The predicted octanol–water partition coefficient (Wildman–Crippen LogP) is 2.38. The molecule has 0 spiro atoms. The Hall–Kier alpha value is -2.74. The molecule has 0 aliphatic heterocycles. The van der Waals surface area contributed by atoms with Gasteiger partial charge >= 0.3 is 0 Å². The molecule has 0 fully saturated rings. The molecule has 0 aliphatic rings. The highest BCUT2D eigenvalue weighted by Gasteiger charge is 2.25. The summed E-state index contributed by atoms with van der Waals surface area (Å²) in [4.78, 5) is 16.0. The number of fused-ring (bicyclic) bond motifs is 1. The first-order valence-corrected chi connectivity index (χ1v) is 9.74. The van der Waals surface area contributed by atoms with Gasteiger partial charge in [-0.05, 0) is 42.6 Å². The molecule has 3 rings (SSSR count). The van der Waals surface area contributed by atoms with Crippen LogP contribution in [0, 0.1) is 11.7 Å². The number of aliphatic hydroxyl groups is 1. The molecule has 0 saturated carbocycles. The summed E-state index contributed by atoms with van der Waals surface area (Å²) < 4.78 is 13.9. The van der Waals surface area contributed by atoms with E-state index in [0.29, 0.717) is 35.1 Å². The molecule has 0 saturated heterocycles. The molecular formula is C22H27FN4O2. The third-order valence-electron chi connectivity index (χ3n) is 5.30. The van der Waals surface area contributed by atoms with Gasteiger partial charge in [0.25, 0.3) is 5.91 Å². The van der Waals surface area contributed by atoms with Gasteiger partial charge in [0.1, 0.15) is 11.5 Å². The van der Waals surface area contributed by atoms with Gasteiger partial charge in [0.2, 0.25) is 0 Å². The second-order valence-electron chi connectivity index (χ2n) is 7.20. The Balaban J connectivity index is 1.88. The van der Waals surface area contributed by atoms with E-state index in [1.807, 2.05) is 37.3 Å². The van der Waals surface area contributed by atoms with Crippen LogP contribution in [-0.4, -0.2) is 41.2 Å². The van der Waals surface area contributed by atoms with Crippen LogP contribution in [0.1, 0.15) is 23.8 Å². The molecule has 29 heavy (non-hydrogen) atoms. The first-order valence-electron chi connectivity index (χ1n) is 9.74. The molecule has 0 aliphatic carbocycles. The number of nitrogens with one attached hydrogen (secondary N) is 2. The quantitative estimate of drug-likeness (QED) is 0.400. The molecule has 3 atom stereocenters. The molecule has 1 heterocycles. The van der Waals surface area contributed by atoms with Crippen LogP contribution in [0.4, 0.5) is 4.39 Å². The molecule has 0 bridgehead atoms. The average Bonchev–Trinajstić information content (AvgIpc) is 3.11. The van der Waals surface area contributed by atoms with Crippen molar-refractivity contribution in [3.63, 3.8) is 0 Å². The minimum absolute atomic E-state index is 0.0917. The zero-order valence-electron chi connectivity index (χ0n) is 16.4. The fourth-order valence-corrected chi connectivity index (χ4v) is 3.56. The van der Waals surface area contributed by atoms with Crippen molar-refractivity contribution in [1.82, 2.24) is 10.3 Å². The lowest BCUT2D eigenvalue weighted by Gasteiger charge is -2.25. The molecule has 1 aromatic heterocycles. The zero-order chi connectivity index (χ0) is 21.0. The summed E-state index contributed by atoms with van der Waals surface area (Å²) in [6, 6.07) is 13.1. The van der Waals surface area contributed by atoms with Crippen LogP contribution < -0.4 is 16.8 Å². The van der Waals surface area contributed by atoms with Crippen molar-refractivity contribution in [1.29, 1.82) is 0 Å². The number of amides is 1. The van der Waals surface area contributed by atoms with Crippen LogP contribution in [-0.2, 0) is 0 Å². The van der Waals surface area contributed by atoms with E-state index in [1.54, 1.807) is 6.07 Å². The molecule has 1 amide bonds. The Morgan fingerprint density at radius 1 is 1.24 bits per heavy atom. The first-order chi connectivity index (χ1) is 14.0. The van der Waals surface area contributed by atoms with Gasteiger partial charge in [-0.2, -0.15) is 0 Å². The van der Waals surface area contributed by atoms with Crippen LogP contribution >= 0.6 is 0 Å². The van der Waals surface area contributed by atoms with Gasteiger partial charge in [-0.3, -0.25) is 4.79 Å². The molecule has 6 nitrogen and oxygen atoms in total. The lowest BCUT2D eigenvalue weighted by molar-refractivity contribution is 0.0782. The fourth-order valence-electron chi connectivity index (χ4n) is 3.56. The number of aromatic nitrogens is 1. The van der Waals surface area contributed by atoms with Crippen LogP contribution in [0.15, 0.2) is 48.5 Å². The molecule has 0 radical (unpaired) electrons. The van der Waals surface area contributed by atoms with Crippen LogP contribution in [0.25, 0.3) is 22.0 Å². The average molecular weight is 398 g/mol. The number of nitrogens with two attached hydrogens (primary N) is 2.